The van der Waals surface area contributed by atoms with Gasteiger partial charge in [-0.1, -0.05) is 71.7 Å². The predicted molar refractivity (Wildman–Crippen MR) is 209 cm³/mol. The van der Waals surface area contributed by atoms with Crippen LogP contribution < -0.4 is 24.6 Å². The van der Waals surface area contributed by atoms with Gasteiger partial charge in [-0.15, -0.1) is 0 Å². The number of halogens is 5. The smallest absolute Gasteiger partial charge is 0.387 e. The molecule has 1 unspecified atom stereocenters. The van der Waals surface area contributed by atoms with Gasteiger partial charge in [-0.25, -0.2) is 9.18 Å². The molecular weight excluding hydrogens is 830 g/mol. The van der Waals surface area contributed by atoms with Gasteiger partial charge < -0.3 is 28.8 Å². The van der Waals surface area contributed by atoms with Gasteiger partial charge in [0, 0.05) is 41.8 Å². The first-order valence-corrected chi connectivity index (χ1v) is 20.2. The topological polar surface area (TPSA) is 151 Å². The van der Waals surface area contributed by atoms with Crippen molar-refractivity contribution >= 4 is 41.6 Å². The maximum atomic E-state index is 15.1. The molecule has 1 aliphatic carbocycles. The monoisotopic (exact) mass is 873 g/mol. The highest BCUT2D eigenvalue weighted by Crippen LogP contribution is 2.38. The fourth-order valence-corrected chi connectivity index (χ4v) is 8.00. The highest BCUT2D eigenvalue weighted by molar-refractivity contribution is 6.35. The van der Waals surface area contributed by atoms with Crippen LogP contribution in [0.1, 0.15) is 65.6 Å². The number of benzene rings is 3. The second-order valence-electron chi connectivity index (χ2n) is 14.9. The number of esters is 2. The Bertz CT molecular complexity index is 2100. The van der Waals surface area contributed by atoms with Gasteiger partial charge in [0.05, 0.1) is 13.0 Å². The molecule has 3 atom stereocenters. The SMILES string of the molecule is O=C(Cc1cccc(CNC(C(=O)O[C@H]2CN3CCC2CC3)c2ccccc2F)c1)O[C@@H](Cc1c(Cl)c[n+](O)cc1Cl)c1ccc(OC(F)F)c(OCC2CC2)c1.O=C[O-]. The summed E-state index contributed by atoms with van der Waals surface area (Å²) >= 11 is 12.9. The van der Waals surface area contributed by atoms with E-state index in [1.807, 2.05) is 6.07 Å². The van der Waals surface area contributed by atoms with E-state index < -0.39 is 43.0 Å². The van der Waals surface area contributed by atoms with E-state index in [1.54, 1.807) is 36.4 Å². The molecule has 8 rings (SSSR count). The van der Waals surface area contributed by atoms with Crippen LogP contribution in [0.4, 0.5) is 13.2 Å². The average molecular weight is 875 g/mol. The summed E-state index contributed by atoms with van der Waals surface area (Å²) in [6.07, 6.45) is 4.87. The molecule has 2 N–H and O–H groups in total. The minimum atomic E-state index is -3.08. The zero-order chi connectivity index (χ0) is 42.8. The van der Waals surface area contributed by atoms with Crippen LogP contribution >= 0.6 is 23.2 Å². The molecule has 2 bridgehead atoms. The van der Waals surface area contributed by atoms with Crippen molar-refractivity contribution in [3.05, 3.63) is 123 Å². The van der Waals surface area contributed by atoms with E-state index in [9.17, 15) is 23.6 Å². The Labute approximate surface area is 354 Å². The second kappa shape index (κ2) is 20.9. The Hall–Kier alpha value is -5.09. The molecule has 0 amide bonds. The lowest BCUT2D eigenvalue weighted by atomic mass is 9.86. The van der Waals surface area contributed by atoms with Crippen molar-refractivity contribution in [2.24, 2.45) is 11.8 Å². The van der Waals surface area contributed by atoms with Crippen LogP contribution in [0.25, 0.3) is 0 Å². The molecule has 3 aromatic carbocycles. The van der Waals surface area contributed by atoms with E-state index >= 15 is 4.39 Å². The maximum absolute atomic E-state index is 15.1. The normalized spacial score (nSPS) is 19.1. The van der Waals surface area contributed by atoms with E-state index in [4.69, 9.17) is 52.1 Å². The first kappa shape index (κ1) is 44.5. The Morgan fingerprint density at radius 3 is 2.32 bits per heavy atom. The van der Waals surface area contributed by atoms with E-state index in [2.05, 4.69) is 10.2 Å². The van der Waals surface area contributed by atoms with Gasteiger partial charge in [0.25, 0.3) is 0 Å². The van der Waals surface area contributed by atoms with Crippen LogP contribution in [0.2, 0.25) is 10.0 Å². The molecule has 60 heavy (non-hydrogen) atoms. The molecule has 4 aliphatic rings. The number of nitrogens with one attached hydrogen (secondary N) is 1. The number of carboxylic acid groups (broad SMARTS) is 1. The van der Waals surface area contributed by atoms with Crippen molar-refractivity contribution in [1.82, 2.24) is 10.2 Å². The molecule has 12 nitrogen and oxygen atoms in total. The summed E-state index contributed by atoms with van der Waals surface area (Å²) in [6.45, 7) is -0.469. The number of rotatable bonds is 17. The van der Waals surface area contributed by atoms with E-state index in [0.717, 1.165) is 44.3 Å². The summed E-state index contributed by atoms with van der Waals surface area (Å²) in [7, 11) is 0. The Kier molecular flexibility index (Phi) is 15.5. The number of pyridine rings is 1. The van der Waals surface area contributed by atoms with Crippen molar-refractivity contribution < 1.29 is 61.5 Å². The molecule has 1 aromatic heterocycles. The van der Waals surface area contributed by atoms with Crippen LogP contribution in [-0.2, 0) is 43.2 Å². The van der Waals surface area contributed by atoms with Crippen molar-refractivity contribution in [3.63, 3.8) is 0 Å². The number of ether oxygens (including phenoxy) is 4. The molecule has 4 aromatic rings. The zero-order valence-electron chi connectivity index (χ0n) is 32.3. The first-order chi connectivity index (χ1) is 28.9. The lowest BCUT2D eigenvalue weighted by Crippen LogP contribution is -2.52. The summed E-state index contributed by atoms with van der Waals surface area (Å²) in [5.74, 6) is -1.19. The standard InChI is InChI=1S/C42H43Cl2F3N3O7.CH2O2/c43-32-21-50(53)22-33(44)31(32)19-36(29-10-11-35(57-42(46)47)37(18-29)54-24-25-8-9-25)55-39(51)17-26-4-3-5-27(16-26)20-48-40(30-6-1-2-7-34(30)45)41(52)56-38-23-49-14-12-28(38)13-15-49;2-1-3/h1-7,10-11,16,18,21-22,25,28,36,38,40,42,48,53H,8-9,12-15,17,19-20,23-24H2;1H,(H,2,3)/q+1;/p-1/t36-,38-,40?;/m0./s1. The first-order valence-electron chi connectivity index (χ1n) is 19.4. The number of alkyl halides is 2. The van der Waals surface area contributed by atoms with Gasteiger partial charge >= 0.3 is 18.6 Å². The molecule has 4 fully saturated rings. The molecule has 3 aliphatic heterocycles. The van der Waals surface area contributed by atoms with Crippen LogP contribution in [-0.4, -0.2) is 67.5 Å². The number of nitrogens with zero attached hydrogens (tertiary/aromatic N) is 2. The molecule has 3 saturated heterocycles. The van der Waals surface area contributed by atoms with E-state index in [0.29, 0.717) is 40.5 Å². The van der Waals surface area contributed by atoms with Gasteiger partial charge in [-0.2, -0.15) is 8.78 Å². The molecule has 0 radical (unpaired) electrons. The summed E-state index contributed by atoms with van der Waals surface area (Å²) < 4.78 is 65.0. The third-order valence-electron chi connectivity index (χ3n) is 10.6. The minimum absolute atomic E-state index is 0.0293. The van der Waals surface area contributed by atoms with E-state index in [-0.39, 0.29) is 58.5 Å². The highest BCUT2D eigenvalue weighted by atomic mass is 35.5. The number of carbonyl (C=O) groups excluding carboxylic acids is 3. The summed E-state index contributed by atoms with van der Waals surface area (Å²) in [4.78, 5) is 37.8. The molecule has 320 valence electrons. The third kappa shape index (κ3) is 12.2. The number of fused-ring (bicyclic) bond motifs is 3. The van der Waals surface area contributed by atoms with Gasteiger partial charge in [0.2, 0.25) is 12.4 Å². The van der Waals surface area contributed by atoms with Gasteiger partial charge in [0.1, 0.15) is 34.1 Å². The predicted octanol–water partition coefficient (Wildman–Crippen LogP) is 5.95. The van der Waals surface area contributed by atoms with Gasteiger partial charge in [0.15, 0.2) is 11.5 Å². The number of carbonyl (C=O) groups is 3. The second-order valence-corrected chi connectivity index (χ2v) is 15.7. The van der Waals surface area contributed by atoms with Crippen LogP contribution in [0.5, 0.6) is 11.5 Å². The van der Waals surface area contributed by atoms with Crippen molar-refractivity contribution in [2.75, 3.05) is 26.2 Å². The van der Waals surface area contributed by atoms with Gasteiger partial charge in [-0.3, -0.25) is 20.2 Å². The fraction of sp³-hybridized carbons (Fsp3) is 0.395. The van der Waals surface area contributed by atoms with Crippen LogP contribution in [0.15, 0.2) is 79.1 Å². The Morgan fingerprint density at radius 2 is 1.67 bits per heavy atom. The van der Waals surface area contributed by atoms with Crippen LogP contribution in [0.3, 0.4) is 0 Å². The lowest BCUT2D eigenvalue weighted by molar-refractivity contribution is -0.904. The van der Waals surface area contributed by atoms with Crippen LogP contribution in [0, 0.1) is 17.7 Å². The van der Waals surface area contributed by atoms with Crippen molar-refractivity contribution in [3.8, 4) is 11.5 Å². The summed E-state index contributed by atoms with van der Waals surface area (Å²) in [5, 5.41) is 21.6. The summed E-state index contributed by atoms with van der Waals surface area (Å²) in [6, 6.07) is 16.5. The third-order valence-corrected chi connectivity index (χ3v) is 11.3. The number of hydrogen-bond donors (Lipinski definition) is 2. The maximum Gasteiger partial charge on any atom is 0.387 e. The lowest BCUT2D eigenvalue weighted by Gasteiger charge is -2.44. The van der Waals surface area contributed by atoms with Crippen molar-refractivity contribution in [2.45, 2.75) is 69.9 Å². The molecular formula is C43H44Cl2F3N3O9. The highest BCUT2D eigenvalue weighted by Gasteiger charge is 2.38. The van der Waals surface area contributed by atoms with Gasteiger partial charge in [-0.05, 0) is 85.5 Å². The number of hydrogen-bond acceptors (Lipinski definition) is 11. The average Bonchev–Trinajstić information content (AvgIpc) is 4.05. The zero-order valence-corrected chi connectivity index (χ0v) is 33.8. The molecule has 0 spiro atoms. The molecule has 4 heterocycles. The molecule has 17 heteroatoms. The quantitative estimate of drug-likeness (QED) is 0.0561. The molecule has 1 saturated carbocycles. The largest absolute Gasteiger partial charge is 0.554 e. The minimum Gasteiger partial charge on any atom is -0.554 e. The number of piperidine rings is 3. The van der Waals surface area contributed by atoms with Crippen molar-refractivity contribution in [1.29, 1.82) is 0 Å². The number of aromatic nitrogens is 1. The van der Waals surface area contributed by atoms with E-state index in [1.165, 1.54) is 36.7 Å². The summed E-state index contributed by atoms with van der Waals surface area (Å²) in [5.41, 5.74) is 2.28. The Morgan fingerprint density at radius 1 is 0.967 bits per heavy atom. The Balaban J connectivity index is 0.00000195. The fourth-order valence-electron chi connectivity index (χ4n) is 7.40.